The second kappa shape index (κ2) is 12.0. The number of nitrogens with zero attached hydrogens (tertiary/aromatic N) is 1. The first-order chi connectivity index (χ1) is 16.4. The maximum Gasteiger partial charge on any atom is 0.336 e. The quantitative estimate of drug-likeness (QED) is 0.434. The SMILES string of the molecule is CNC(=O)N(Cc1cccc(OCc2ccccc2)c1)NC(=O)c1ccc(OC(C)C)c(Cl)c1. The minimum atomic E-state index is -0.474. The van der Waals surface area contributed by atoms with Gasteiger partial charge in [-0.2, -0.15) is 0 Å². The van der Waals surface area contributed by atoms with Crippen molar-refractivity contribution in [1.29, 1.82) is 0 Å². The Kier molecular flexibility index (Phi) is 8.76. The van der Waals surface area contributed by atoms with E-state index in [-0.39, 0.29) is 12.6 Å². The maximum atomic E-state index is 12.8. The van der Waals surface area contributed by atoms with Crippen LogP contribution in [0.3, 0.4) is 0 Å². The number of halogens is 1. The molecule has 0 saturated heterocycles. The number of ether oxygens (including phenoxy) is 2. The van der Waals surface area contributed by atoms with Gasteiger partial charge in [0.2, 0.25) is 0 Å². The van der Waals surface area contributed by atoms with Gasteiger partial charge in [-0.25, -0.2) is 9.80 Å². The van der Waals surface area contributed by atoms with Gasteiger partial charge in [-0.05, 0) is 55.3 Å². The Hall–Kier alpha value is -3.71. The van der Waals surface area contributed by atoms with Crippen LogP contribution >= 0.6 is 11.6 Å². The third kappa shape index (κ3) is 7.15. The predicted molar refractivity (Wildman–Crippen MR) is 132 cm³/mol. The van der Waals surface area contributed by atoms with Gasteiger partial charge in [0.05, 0.1) is 17.7 Å². The molecular formula is C26H28ClN3O4. The van der Waals surface area contributed by atoms with Crippen LogP contribution in [0.25, 0.3) is 0 Å². The Morgan fingerprint density at radius 1 is 0.971 bits per heavy atom. The average molecular weight is 482 g/mol. The number of urea groups is 1. The summed E-state index contributed by atoms with van der Waals surface area (Å²) >= 11 is 6.25. The van der Waals surface area contributed by atoms with Crippen molar-refractivity contribution in [1.82, 2.24) is 15.8 Å². The zero-order chi connectivity index (χ0) is 24.5. The highest BCUT2D eigenvalue weighted by molar-refractivity contribution is 6.32. The molecule has 0 unspecified atom stereocenters. The summed E-state index contributed by atoms with van der Waals surface area (Å²) < 4.78 is 11.5. The summed E-state index contributed by atoms with van der Waals surface area (Å²) in [5.41, 5.74) is 4.78. The van der Waals surface area contributed by atoms with E-state index in [1.165, 1.54) is 18.1 Å². The third-order valence-corrected chi connectivity index (χ3v) is 5.04. The van der Waals surface area contributed by atoms with Gasteiger partial charge in [-0.3, -0.25) is 10.2 Å². The Morgan fingerprint density at radius 3 is 2.38 bits per heavy atom. The molecule has 3 aromatic carbocycles. The molecule has 0 fully saturated rings. The summed E-state index contributed by atoms with van der Waals surface area (Å²) in [6, 6.07) is 21.5. The highest BCUT2D eigenvalue weighted by Gasteiger charge is 2.18. The molecule has 0 saturated carbocycles. The molecule has 0 aromatic heterocycles. The Labute approximate surface area is 204 Å². The Balaban J connectivity index is 1.68. The molecule has 0 aliphatic heterocycles. The van der Waals surface area contributed by atoms with E-state index in [9.17, 15) is 9.59 Å². The number of rotatable bonds is 8. The van der Waals surface area contributed by atoms with Gasteiger partial charge < -0.3 is 14.8 Å². The van der Waals surface area contributed by atoms with Crippen LogP contribution in [0.1, 0.15) is 35.3 Å². The van der Waals surface area contributed by atoms with Crippen LogP contribution in [0.2, 0.25) is 5.02 Å². The van der Waals surface area contributed by atoms with E-state index in [1.54, 1.807) is 12.1 Å². The minimum absolute atomic E-state index is 0.0478. The first kappa shape index (κ1) is 24.9. The van der Waals surface area contributed by atoms with Crippen LogP contribution in [0.4, 0.5) is 4.79 Å². The fraction of sp³-hybridized carbons (Fsp3) is 0.231. The molecule has 0 aliphatic carbocycles. The lowest BCUT2D eigenvalue weighted by Crippen LogP contribution is -2.49. The Morgan fingerprint density at radius 2 is 1.71 bits per heavy atom. The summed E-state index contributed by atoms with van der Waals surface area (Å²) in [6.07, 6.45) is -0.0478. The molecule has 2 N–H and O–H groups in total. The molecule has 0 radical (unpaired) electrons. The van der Waals surface area contributed by atoms with Gasteiger partial charge in [-0.15, -0.1) is 0 Å². The van der Waals surface area contributed by atoms with Crippen molar-refractivity contribution in [2.75, 3.05) is 7.05 Å². The molecule has 3 amide bonds. The fourth-order valence-corrected chi connectivity index (χ4v) is 3.36. The third-order valence-electron chi connectivity index (χ3n) is 4.74. The second-order valence-corrected chi connectivity index (χ2v) is 8.22. The molecule has 34 heavy (non-hydrogen) atoms. The zero-order valence-corrected chi connectivity index (χ0v) is 20.1. The van der Waals surface area contributed by atoms with E-state index < -0.39 is 11.9 Å². The normalized spacial score (nSPS) is 10.5. The lowest BCUT2D eigenvalue weighted by molar-refractivity contribution is 0.0819. The van der Waals surface area contributed by atoms with Crippen LogP contribution in [-0.2, 0) is 13.2 Å². The first-order valence-electron chi connectivity index (χ1n) is 10.9. The Bertz CT molecular complexity index is 1120. The van der Waals surface area contributed by atoms with Crippen molar-refractivity contribution in [2.45, 2.75) is 33.1 Å². The summed E-state index contributed by atoms with van der Waals surface area (Å²) in [5, 5.41) is 4.06. The van der Waals surface area contributed by atoms with Crippen molar-refractivity contribution < 1.29 is 19.1 Å². The van der Waals surface area contributed by atoms with Gasteiger partial charge in [0, 0.05) is 12.6 Å². The summed E-state index contributed by atoms with van der Waals surface area (Å²) in [7, 11) is 1.50. The molecule has 3 rings (SSSR count). The van der Waals surface area contributed by atoms with E-state index >= 15 is 0 Å². The average Bonchev–Trinajstić information content (AvgIpc) is 2.83. The van der Waals surface area contributed by atoms with Crippen molar-refractivity contribution in [3.63, 3.8) is 0 Å². The number of nitrogens with one attached hydrogen (secondary N) is 2. The van der Waals surface area contributed by atoms with Gasteiger partial charge >= 0.3 is 6.03 Å². The first-order valence-corrected chi connectivity index (χ1v) is 11.3. The van der Waals surface area contributed by atoms with E-state index in [0.29, 0.717) is 28.7 Å². The summed E-state index contributed by atoms with van der Waals surface area (Å²) in [4.78, 5) is 25.3. The van der Waals surface area contributed by atoms with Gasteiger partial charge in [0.1, 0.15) is 18.1 Å². The number of carbonyl (C=O) groups excluding carboxylic acids is 2. The smallest absolute Gasteiger partial charge is 0.336 e. The molecule has 3 aromatic rings. The maximum absolute atomic E-state index is 12.8. The van der Waals surface area contributed by atoms with Crippen molar-refractivity contribution >= 4 is 23.5 Å². The number of amides is 3. The van der Waals surface area contributed by atoms with Crippen LogP contribution in [0.15, 0.2) is 72.8 Å². The fourth-order valence-electron chi connectivity index (χ4n) is 3.13. The van der Waals surface area contributed by atoms with Crippen molar-refractivity contribution in [2.24, 2.45) is 0 Å². The van der Waals surface area contributed by atoms with E-state index in [0.717, 1.165) is 11.1 Å². The molecule has 0 heterocycles. The standard InChI is InChI=1S/C26H28ClN3O4/c1-18(2)34-24-13-12-21(15-23(24)27)25(31)29-30(26(32)28-3)16-20-10-7-11-22(14-20)33-17-19-8-5-4-6-9-19/h4-15,18H,16-17H2,1-3H3,(H,28,32)(H,29,31). The molecular weight excluding hydrogens is 454 g/mol. The van der Waals surface area contributed by atoms with Crippen molar-refractivity contribution in [3.05, 3.63) is 94.5 Å². The highest BCUT2D eigenvalue weighted by atomic mass is 35.5. The van der Waals surface area contributed by atoms with Crippen LogP contribution < -0.4 is 20.2 Å². The minimum Gasteiger partial charge on any atom is -0.489 e. The lowest BCUT2D eigenvalue weighted by Gasteiger charge is -2.23. The molecule has 0 spiro atoms. The van der Waals surface area contributed by atoms with E-state index in [1.807, 2.05) is 68.4 Å². The largest absolute Gasteiger partial charge is 0.489 e. The topological polar surface area (TPSA) is 79.9 Å². The molecule has 8 heteroatoms. The van der Waals surface area contributed by atoms with Gasteiger partial charge in [0.15, 0.2) is 0 Å². The summed E-state index contributed by atoms with van der Waals surface area (Å²) in [6.45, 7) is 4.34. The molecule has 0 aliphatic rings. The van der Waals surface area contributed by atoms with Crippen molar-refractivity contribution in [3.8, 4) is 11.5 Å². The molecule has 0 bridgehead atoms. The van der Waals surface area contributed by atoms with Gasteiger partial charge in [-0.1, -0.05) is 54.1 Å². The number of hydrazine groups is 1. The highest BCUT2D eigenvalue weighted by Crippen LogP contribution is 2.26. The van der Waals surface area contributed by atoms with Crippen LogP contribution in [0, 0.1) is 0 Å². The summed E-state index contributed by atoms with van der Waals surface area (Å²) in [5.74, 6) is 0.679. The van der Waals surface area contributed by atoms with E-state index in [2.05, 4.69) is 10.7 Å². The number of carbonyl (C=O) groups is 2. The lowest BCUT2D eigenvalue weighted by atomic mass is 10.2. The van der Waals surface area contributed by atoms with E-state index in [4.69, 9.17) is 21.1 Å². The molecule has 7 nitrogen and oxygen atoms in total. The second-order valence-electron chi connectivity index (χ2n) is 7.82. The van der Waals surface area contributed by atoms with Crippen LogP contribution in [-0.4, -0.2) is 30.1 Å². The number of hydrogen-bond acceptors (Lipinski definition) is 4. The van der Waals surface area contributed by atoms with Gasteiger partial charge in [0.25, 0.3) is 5.91 Å². The zero-order valence-electron chi connectivity index (χ0n) is 19.4. The molecule has 0 atom stereocenters. The van der Waals surface area contributed by atoms with Crippen LogP contribution in [0.5, 0.6) is 11.5 Å². The predicted octanol–water partition coefficient (Wildman–Crippen LogP) is 5.19. The number of benzene rings is 3. The number of hydrogen-bond donors (Lipinski definition) is 2. The molecule has 178 valence electrons. The monoisotopic (exact) mass is 481 g/mol.